The summed E-state index contributed by atoms with van der Waals surface area (Å²) in [5, 5.41) is 4.71. The Morgan fingerprint density at radius 2 is 2.13 bits per heavy atom. The number of hydrogen-bond acceptors (Lipinski definition) is 6. The van der Waals surface area contributed by atoms with Gasteiger partial charge in [-0.05, 0) is 12.8 Å². The SMILES string of the molecule is COc1cncc(S(=O)(=O)N2CCCC3(C2)NC(=O)NC3=O)c1. The van der Waals surface area contributed by atoms with Gasteiger partial charge in [-0.2, -0.15) is 4.31 Å². The molecule has 2 aliphatic rings. The van der Waals surface area contributed by atoms with E-state index in [-0.39, 0.29) is 18.0 Å². The van der Waals surface area contributed by atoms with Gasteiger partial charge in [0.05, 0.1) is 13.3 Å². The van der Waals surface area contributed by atoms with Gasteiger partial charge in [-0.3, -0.25) is 15.1 Å². The first-order chi connectivity index (χ1) is 10.9. The summed E-state index contributed by atoms with van der Waals surface area (Å²) in [6, 6.07) is 0.772. The number of hydrogen-bond donors (Lipinski definition) is 2. The Labute approximate surface area is 133 Å². The lowest BCUT2D eigenvalue weighted by Crippen LogP contribution is -2.59. The van der Waals surface area contributed by atoms with Gasteiger partial charge in [0.25, 0.3) is 5.91 Å². The zero-order chi connectivity index (χ0) is 16.7. The van der Waals surface area contributed by atoms with Crippen molar-refractivity contribution in [3.63, 3.8) is 0 Å². The van der Waals surface area contributed by atoms with E-state index >= 15 is 0 Å². The molecule has 0 saturated carbocycles. The molecule has 2 saturated heterocycles. The summed E-state index contributed by atoms with van der Waals surface area (Å²) in [5.41, 5.74) is -1.20. The molecule has 10 heteroatoms. The second-order valence-corrected chi connectivity index (χ2v) is 7.43. The van der Waals surface area contributed by atoms with Crippen LogP contribution in [0.2, 0.25) is 0 Å². The Hall–Kier alpha value is -2.20. The minimum absolute atomic E-state index is 0.0152. The number of ether oxygens (including phenoxy) is 1. The third-order valence-corrected chi connectivity index (χ3v) is 5.84. The van der Waals surface area contributed by atoms with Crippen LogP contribution in [0.5, 0.6) is 5.75 Å². The number of methoxy groups -OCH3 is 1. The van der Waals surface area contributed by atoms with Crippen LogP contribution in [0.4, 0.5) is 4.79 Å². The molecule has 9 nitrogen and oxygen atoms in total. The number of piperidine rings is 1. The molecule has 1 aromatic heterocycles. The highest BCUT2D eigenvalue weighted by Crippen LogP contribution is 2.29. The second-order valence-electron chi connectivity index (χ2n) is 5.49. The molecule has 2 aliphatic heterocycles. The van der Waals surface area contributed by atoms with Crippen molar-refractivity contribution in [2.24, 2.45) is 0 Å². The Kier molecular flexibility index (Phi) is 3.72. The Balaban J connectivity index is 1.91. The Bertz CT molecular complexity index is 765. The van der Waals surface area contributed by atoms with Crippen molar-refractivity contribution in [3.05, 3.63) is 18.5 Å². The largest absolute Gasteiger partial charge is 0.495 e. The summed E-state index contributed by atoms with van der Waals surface area (Å²) < 4.78 is 31.7. The van der Waals surface area contributed by atoms with Crippen molar-refractivity contribution in [1.29, 1.82) is 0 Å². The lowest BCUT2D eigenvalue weighted by molar-refractivity contribution is -0.125. The highest BCUT2D eigenvalue weighted by atomic mass is 32.2. The molecule has 0 aromatic carbocycles. The number of nitrogens with one attached hydrogen (secondary N) is 2. The van der Waals surface area contributed by atoms with Crippen molar-refractivity contribution in [1.82, 2.24) is 19.9 Å². The van der Waals surface area contributed by atoms with Crippen LogP contribution in [0.15, 0.2) is 23.4 Å². The molecule has 1 aromatic rings. The molecule has 2 N–H and O–H groups in total. The van der Waals surface area contributed by atoms with Gasteiger partial charge in [0.2, 0.25) is 10.0 Å². The van der Waals surface area contributed by atoms with Crippen LogP contribution in [0, 0.1) is 0 Å². The van der Waals surface area contributed by atoms with Crippen LogP contribution < -0.4 is 15.4 Å². The molecule has 0 aliphatic carbocycles. The fourth-order valence-corrected chi connectivity index (χ4v) is 4.35. The number of carbonyl (C=O) groups excluding carboxylic acids is 2. The average molecular weight is 340 g/mol. The fraction of sp³-hybridized carbons (Fsp3) is 0.462. The molecular weight excluding hydrogens is 324 g/mol. The van der Waals surface area contributed by atoms with E-state index in [1.54, 1.807) is 0 Å². The number of urea groups is 1. The highest BCUT2D eigenvalue weighted by molar-refractivity contribution is 7.89. The van der Waals surface area contributed by atoms with Crippen LogP contribution in [-0.4, -0.2) is 55.4 Å². The summed E-state index contributed by atoms with van der Waals surface area (Å²) in [4.78, 5) is 27.3. The van der Waals surface area contributed by atoms with Crippen molar-refractivity contribution in [3.8, 4) is 5.75 Å². The highest BCUT2D eigenvalue weighted by Gasteiger charge is 2.50. The van der Waals surface area contributed by atoms with Crippen LogP contribution in [0.1, 0.15) is 12.8 Å². The Morgan fingerprint density at radius 3 is 2.78 bits per heavy atom. The topological polar surface area (TPSA) is 118 Å². The molecule has 2 fully saturated rings. The molecule has 3 rings (SSSR count). The molecule has 3 heterocycles. The van der Waals surface area contributed by atoms with Crippen LogP contribution in [-0.2, 0) is 14.8 Å². The number of amides is 3. The van der Waals surface area contributed by atoms with E-state index in [4.69, 9.17) is 4.74 Å². The van der Waals surface area contributed by atoms with Gasteiger partial charge < -0.3 is 10.1 Å². The molecule has 1 spiro atoms. The van der Waals surface area contributed by atoms with E-state index < -0.39 is 27.5 Å². The maximum atomic E-state index is 12.8. The first kappa shape index (κ1) is 15.7. The van der Waals surface area contributed by atoms with Crippen LogP contribution in [0.25, 0.3) is 0 Å². The number of aromatic nitrogens is 1. The molecule has 1 atom stereocenters. The van der Waals surface area contributed by atoms with Gasteiger partial charge >= 0.3 is 6.03 Å². The summed E-state index contributed by atoms with van der Waals surface area (Å²) in [6.07, 6.45) is 3.49. The standard InChI is InChI=1S/C13H16N4O5S/c1-22-9-5-10(7-14-6-9)23(20,21)17-4-2-3-13(8-17)11(18)15-12(19)16-13/h5-7H,2-4,8H2,1H3,(H2,15,16,18,19). The molecule has 3 amide bonds. The van der Waals surface area contributed by atoms with Crippen molar-refractivity contribution in [2.75, 3.05) is 20.2 Å². The summed E-state index contributed by atoms with van der Waals surface area (Å²) in [5.74, 6) is -0.170. The molecule has 1 unspecified atom stereocenters. The van der Waals surface area contributed by atoms with Gasteiger partial charge in [0.15, 0.2) is 0 Å². The molecule has 0 radical (unpaired) electrons. The smallest absolute Gasteiger partial charge is 0.322 e. The van der Waals surface area contributed by atoms with Gasteiger partial charge in [0.1, 0.15) is 16.2 Å². The van der Waals surface area contributed by atoms with Gasteiger partial charge in [0, 0.05) is 25.4 Å². The maximum Gasteiger partial charge on any atom is 0.322 e. The summed E-state index contributed by atoms with van der Waals surface area (Å²) in [6.45, 7) is 0.161. The van der Waals surface area contributed by atoms with Crippen molar-refractivity contribution < 1.29 is 22.7 Å². The first-order valence-electron chi connectivity index (χ1n) is 7.00. The third-order valence-electron chi connectivity index (χ3n) is 4.03. The molecule has 23 heavy (non-hydrogen) atoms. The van der Waals surface area contributed by atoms with Crippen LogP contribution >= 0.6 is 0 Å². The predicted molar refractivity (Wildman–Crippen MR) is 78.2 cm³/mol. The number of sulfonamides is 1. The van der Waals surface area contributed by atoms with Crippen molar-refractivity contribution >= 4 is 22.0 Å². The van der Waals surface area contributed by atoms with E-state index in [9.17, 15) is 18.0 Å². The van der Waals surface area contributed by atoms with Gasteiger partial charge in [-0.1, -0.05) is 0 Å². The lowest BCUT2D eigenvalue weighted by Gasteiger charge is -2.37. The minimum Gasteiger partial charge on any atom is -0.495 e. The zero-order valence-electron chi connectivity index (χ0n) is 12.4. The van der Waals surface area contributed by atoms with Gasteiger partial charge in [-0.25, -0.2) is 13.2 Å². The second kappa shape index (κ2) is 5.46. The van der Waals surface area contributed by atoms with E-state index in [2.05, 4.69) is 15.6 Å². The summed E-state index contributed by atoms with van der Waals surface area (Å²) in [7, 11) is -2.42. The Morgan fingerprint density at radius 1 is 1.35 bits per heavy atom. The average Bonchev–Trinajstić information content (AvgIpc) is 2.80. The quantitative estimate of drug-likeness (QED) is 0.713. The molecule has 0 bridgehead atoms. The monoisotopic (exact) mass is 340 g/mol. The van der Waals surface area contributed by atoms with E-state index in [0.717, 1.165) is 0 Å². The van der Waals surface area contributed by atoms with Crippen LogP contribution in [0.3, 0.4) is 0 Å². The number of imide groups is 1. The summed E-state index contributed by atoms with van der Waals surface area (Å²) >= 11 is 0. The lowest BCUT2D eigenvalue weighted by atomic mass is 9.90. The van der Waals surface area contributed by atoms with E-state index in [1.807, 2.05) is 0 Å². The zero-order valence-corrected chi connectivity index (χ0v) is 13.2. The first-order valence-corrected chi connectivity index (χ1v) is 8.44. The van der Waals surface area contributed by atoms with Crippen molar-refractivity contribution in [2.45, 2.75) is 23.3 Å². The molecule has 124 valence electrons. The van der Waals surface area contributed by atoms with Gasteiger partial charge in [-0.15, -0.1) is 0 Å². The number of carbonyl (C=O) groups is 2. The minimum atomic E-state index is -3.84. The fourth-order valence-electron chi connectivity index (χ4n) is 2.84. The number of rotatable bonds is 3. The number of nitrogens with zero attached hydrogens (tertiary/aromatic N) is 2. The predicted octanol–water partition coefficient (Wildman–Crippen LogP) is -0.547. The third kappa shape index (κ3) is 2.63. The normalized spacial score (nSPS) is 25.3. The van der Waals surface area contributed by atoms with E-state index in [0.29, 0.717) is 18.6 Å². The van der Waals surface area contributed by atoms with E-state index in [1.165, 1.54) is 29.9 Å². The molecular formula is C13H16N4O5S. The maximum absolute atomic E-state index is 12.8. The number of pyridine rings is 1.